The highest BCUT2D eigenvalue weighted by Gasteiger charge is 2.16. The summed E-state index contributed by atoms with van der Waals surface area (Å²) in [5, 5.41) is 8.50. The third-order valence-corrected chi connectivity index (χ3v) is 7.97. The van der Waals surface area contributed by atoms with Crippen LogP contribution in [0.25, 0.3) is 0 Å². The van der Waals surface area contributed by atoms with Crippen molar-refractivity contribution in [1.82, 2.24) is 9.66 Å². The topological polar surface area (TPSA) is 117 Å². The van der Waals surface area contributed by atoms with Gasteiger partial charge < -0.3 is 0 Å². The zero-order chi connectivity index (χ0) is 26.8. The summed E-state index contributed by atoms with van der Waals surface area (Å²) in [4.78, 5) is 4.84. The summed E-state index contributed by atoms with van der Waals surface area (Å²) in [7, 11) is -7.75. The maximum absolute atomic E-state index is 12.8. The number of hydrogen-bond acceptors (Lipinski definition) is 6. The largest absolute Gasteiger partial charge is 0.276 e. The molecule has 0 saturated carbocycles. The Morgan fingerprint density at radius 1 is 0.474 bits per heavy atom. The highest BCUT2D eigenvalue weighted by atomic mass is 32.2. The lowest BCUT2D eigenvalue weighted by Gasteiger charge is -2.12. The highest BCUT2D eigenvalue weighted by molar-refractivity contribution is 7.89. The summed E-state index contributed by atoms with van der Waals surface area (Å²) in [5.41, 5.74) is 2.39. The quantitative estimate of drug-likeness (QED) is 0.212. The molecule has 0 aliphatic heterocycles. The van der Waals surface area contributed by atoms with E-state index in [2.05, 4.69) is 19.9 Å². The molecule has 194 valence electrons. The molecule has 4 aromatic carbocycles. The lowest BCUT2D eigenvalue weighted by molar-refractivity contribution is 0.582. The van der Waals surface area contributed by atoms with Gasteiger partial charge >= 0.3 is 0 Å². The number of benzene rings is 4. The van der Waals surface area contributed by atoms with E-state index in [4.69, 9.17) is 0 Å². The molecule has 38 heavy (non-hydrogen) atoms. The summed E-state index contributed by atoms with van der Waals surface area (Å²) in [6.07, 6.45) is 0.560. The van der Waals surface area contributed by atoms with Gasteiger partial charge in [-0.1, -0.05) is 97.1 Å². The van der Waals surface area contributed by atoms with Gasteiger partial charge in [-0.3, -0.25) is 0 Å². The Balaban J connectivity index is 1.62. The minimum atomic E-state index is -3.87. The number of nitrogens with zero attached hydrogens (tertiary/aromatic N) is 2. The molecule has 10 heteroatoms. The summed E-state index contributed by atoms with van der Waals surface area (Å²) in [6.45, 7) is 0. The van der Waals surface area contributed by atoms with E-state index in [1.807, 2.05) is 60.7 Å². The van der Waals surface area contributed by atoms with Gasteiger partial charge in [-0.2, -0.15) is 36.7 Å². The van der Waals surface area contributed by atoms with E-state index in [9.17, 15) is 16.8 Å². The third kappa shape index (κ3) is 7.15. The molecule has 0 aliphatic carbocycles. The van der Waals surface area contributed by atoms with Crippen LogP contribution in [-0.4, -0.2) is 28.3 Å². The standard InChI is InChI=1S/C28H26N4O4S2/c33-37(34,25-17-9-3-10-18-25)31-29-27(23-13-5-1-6-14-23)21-22-28(24-15-7-2-8-16-24)30-32-38(35,36)26-19-11-4-12-20-26/h1-20,31-32H,21-22H2/b29-27-,30-28-. The van der Waals surface area contributed by atoms with E-state index in [-0.39, 0.29) is 22.6 Å². The molecule has 0 amide bonds. The van der Waals surface area contributed by atoms with Crippen LogP contribution in [0.5, 0.6) is 0 Å². The number of rotatable bonds is 11. The molecular weight excluding hydrogens is 520 g/mol. The summed E-state index contributed by atoms with van der Waals surface area (Å²) < 4.78 is 51.0. The first kappa shape index (κ1) is 26.8. The minimum absolute atomic E-state index is 0.0954. The number of hydrogen-bond donors (Lipinski definition) is 2. The lowest BCUT2D eigenvalue weighted by atomic mass is 10.0. The van der Waals surface area contributed by atoms with E-state index in [0.29, 0.717) is 11.4 Å². The molecule has 0 heterocycles. The summed E-state index contributed by atoms with van der Waals surface area (Å²) in [5.74, 6) is 0. The third-order valence-electron chi connectivity index (χ3n) is 5.52. The van der Waals surface area contributed by atoms with Crippen LogP contribution in [-0.2, 0) is 20.0 Å². The Morgan fingerprint density at radius 3 is 1.08 bits per heavy atom. The van der Waals surface area contributed by atoms with Crippen LogP contribution in [0.1, 0.15) is 24.0 Å². The zero-order valence-electron chi connectivity index (χ0n) is 20.3. The van der Waals surface area contributed by atoms with Gasteiger partial charge in [0.05, 0.1) is 21.2 Å². The molecule has 4 aromatic rings. The van der Waals surface area contributed by atoms with Crippen LogP contribution in [0.2, 0.25) is 0 Å². The Bertz CT molecular complexity index is 1480. The minimum Gasteiger partial charge on any atom is -0.200 e. The van der Waals surface area contributed by atoms with Crippen molar-refractivity contribution < 1.29 is 16.8 Å². The molecule has 0 spiro atoms. The fourth-order valence-corrected chi connectivity index (χ4v) is 5.26. The average Bonchev–Trinajstić information content (AvgIpc) is 2.96. The van der Waals surface area contributed by atoms with E-state index in [0.717, 1.165) is 11.1 Å². The lowest BCUT2D eigenvalue weighted by Crippen LogP contribution is -2.22. The normalized spacial score (nSPS) is 12.6. The second-order valence-electron chi connectivity index (χ2n) is 8.16. The number of nitrogens with one attached hydrogen (secondary N) is 2. The van der Waals surface area contributed by atoms with Gasteiger partial charge in [0.15, 0.2) is 0 Å². The van der Waals surface area contributed by atoms with E-state index < -0.39 is 20.0 Å². The number of hydrazone groups is 2. The molecule has 2 N–H and O–H groups in total. The van der Waals surface area contributed by atoms with Gasteiger partial charge in [0.1, 0.15) is 0 Å². The molecule has 0 fully saturated rings. The van der Waals surface area contributed by atoms with Gasteiger partial charge in [-0.15, -0.1) is 0 Å². The van der Waals surface area contributed by atoms with E-state index in [1.165, 1.54) is 24.3 Å². The van der Waals surface area contributed by atoms with Crippen molar-refractivity contribution in [3.05, 3.63) is 132 Å². The molecule has 0 atom stereocenters. The molecule has 4 rings (SSSR count). The maximum atomic E-state index is 12.8. The second kappa shape index (κ2) is 12.3. The Morgan fingerprint density at radius 2 is 0.763 bits per heavy atom. The first-order valence-electron chi connectivity index (χ1n) is 11.7. The first-order chi connectivity index (χ1) is 18.4. The molecule has 8 nitrogen and oxygen atoms in total. The highest BCUT2D eigenvalue weighted by Crippen LogP contribution is 2.14. The second-order valence-corrected chi connectivity index (χ2v) is 11.5. The molecule has 0 unspecified atom stereocenters. The van der Waals surface area contributed by atoms with Crippen molar-refractivity contribution >= 4 is 31.5 Å². The molecule has 0 bridgehead atoms. The smallest absolute Gasteiger partial charge is 0.200 e. The molecule has 0 aromatic heterocycles. The van der Waals surface area contributed by atoms with Crippen molar-refractivity contribution in [3.8, 4) is 0 Å². The van der Waals surface area contributed by atoms with Gasteiger partial charge in [-0.05, 0) is 48.2 Å². The average molecular weight is 547 g/mol. The Hall–Kier alpha value is -4.28. The maximum Gasteiger partial charge on any atom is 0.276 e. The van der Waals surface area contributed by atoms with Crippen molar-refractivity contribution in [3.63, 3.8) is 0 Å². The van der Waals surface area contributed by atoms with Crippen molar-refractivity contribution in [2.24, 2.45) is 10.2 Å². The van der Waals surface area contributed by atoms with Crippen LogP contribution >= 0.6 is 0 Å². The zero-order valence-corrected chi connectivity index (χ0v) is 21.9. The molecule has 0 saturated heterocycles. The van der Waals surface area contributed by atoms with Crippen molar-refractivity contribution in [1.29, 1.82) is 0 Å². The number of sulfonamides is 2. The van der Waals surface area contributed by atoms with E-state index in [1.54, 1.807) is 36.4 Å². The van der Waals surface area contributed by atoms with Gasteiger partial charge in [0.25, 0.3) is 20.0 Å². The fourth-order valence-electron chi connectivity index (χ4n) is 3.56. The van der Waals surface area contributed by atoms with E-state index >= 15 is 0 Å². The van der Waals surface area contributed by atoms with Crippen molar-refractivity contribution in [2.75, 3.05) is 0 Å². The monoisotopic (exact) mass is 546 g/mol. The molecular formula is C28H26N4O4S2. The fraction of sp³-hybridized carbons (Fsp3) is 0.0714. The van der Waals surface area contributed by atoms with Crippen LogP contribution in [0.15, 0.2) is 141 Å². The van der Waals surface area contributed by atoms with Crippen LogP contribution in [0, 0.1) is 0 Å². The van der Waals surface area contributed by atoms with Crippen molar-refractivity contribution in [2.45, 2.75) is 22.6 Å². The van der Waals surface area contributed by atoms with Crippen LogP contribution < -0.4 is 9.66 Å². The first-order valence-corrected chi connectivity index (χ1v) is 14.7. The SMILES string of the molecule is O=S(=O)(N/N=C(/CC/C(=N/NS(=O)(=O)c1ccccc1)c1ccccc1)c1ccccc1)c1ccccc1. The van der Waals surface area contributed by atoms with Gasteiger partial charge in [0.2, 0.25) is 0 Å². The summed E-state index contributed by atoms with van der Waals surface area (Å²) >= 11 is 0. The molecule has 0 radical (unpaired) electrons. The van der Waals surface area contributed by atoms with Crippen LogP contribution in [0.3, 0.4) is 0 Å². The van der Waals surface area contributed by atoms with Gasteiger partial charge in [-0.25, -0.2) is 0 Å². The molecule has 0 aliphatic rings. The predicted octanol–water partition coefficient (Wildman–Crippen LogP) is 4.53. The van der Waals surface area contributed by atoms with Gasteiger partial charge in [0, 0.05) is 0 Å². The predicted molar refractivity (Wildman–Crippen MR) is 149 cm³/mol. The van der Waals surface area contributed by atoms with Crippen LogP contribution in [0.4, 0.5) is 0 Å². The summed E-state index contributed by atoms with van der Waals surface area (Å²) in [6, 6.07) is 34.3. The Kier molecular flexibility index (Phi) is 8.67. The Labute approximate surface area is 222 Å².